The van der Waals surface area contributed by atoms with Crippen LogP contribution in [0.4, 0.5) is 0 Å². The van der Waals surface area contributed by atoms with Crippen molar-refractivity contribution in [1.29, 1.82) is 0 Å². The minimum absolute atomic E-state index is 0.674. The van der Waals surface area contributed by atoms with E-state index >= 15 is 0 Å². The van der Waals surface area contributed by atoms with Crippen molar-refractivity contribution >= 4 is 0 Å². The zero-order chi connectivity index (χ0) is 20.2. The molecule has 1 N–H and O–H groups in total. The van der Waals surface area contributed by atoms with Crippen LogP contribution in [0.2, 0.25) is 0 Å². The molecule has 0 saturated carbocycles. The van der Waals surface area contributed by atoms with Crippen molar-refractivity contribution in [2.24, 2.45) is 0 Å². The van der Waals surface area contributed by atoms with Gasteiger partial charge in [-0.15, -0.1) is 0 Å². The second-order valence-corrected chi connectivity index (χ2v) is 7.23. The Morgan fingerprint density at radius 3 is 0.966 bits per heavy atom. The number of hydrogen-bond donors (Lipinski definition) is 1. The van der Waals surface area contributed by atoms with Crippen LogP contribution in [0.1, 0.15) is 36.6 Å². The zero-order valence-corrected chi connectivity index (χ0v) is 16.5. The van der Waals surface area contributed by atoms with Gasteiger partial charge < -0.3 is 0 Å². The molecule has 4 aromatic heterocycles. The van der Waals surface area contributed by atoms with E-state index in [-0.39, 0.29) is 0 Å². The number of aromatic nitrogens is 4. The summed E-state index contributed by atoms with van der Waals surface area (Å²) in [4.78, 5) is 18.6. The lowest BCUT2D eigenvalue weighted by atomic mass is 9.84. The van der Waals surface area contributed by atoms with Crippen LogP contribution in [0.5, 0.6) is 0 Å². The highest BCUT2D eigenvalue weighted by Crippen LogP contribution is 2.35. The van der Waals surface area contributed by atoms with Crippen LogP contribution in [-0.4, -0.2) is 19.9 Å². The van der Waals surface area contributed by atoms with Crippen molar-refractivity contribution in [1.82, 2.24) is 25.3 Å². The summed E-state index contributed by atoms with van der Waals surface area (Å²) in [5.74, 6) is 0. The molecule has 0 amide bonds. The third kappa shape index (κ3) is 3.65. The van der Waals surface area contributed by atoms with Crippen molar-refractivity contribution in [3.8, 4) is 0 Å². The zero-order valence-electron chi connectivity index (χ0n) is 16.5. The maximum Gasteiger partial charge on any atom is 0.102 e. The molecular weight excluding hydrogens is 358 g/mol. The summed E-state index contributed by atoms with van der Waals surface area (Å²) in [5, 5.41) is 3.82. The lowest BCUT2D eigenvalue weighted by Gasteiger charge is -2.40. The van der Waals surface area contributed by atoms with E-state index < -0.39 is 11.1 Å². The Kier molecular flexibility index (Phi) is 5.14. The molecule has 0 spiro atoms. The van der Waals surface area contributed by atoms with E-state index in [9.17, 15) is 0 Å². The van der Waals surface area contributed by atoms with Gasteiger partial charge in [-0.3, -0.25) is 25.3 Å². The largest absolute Gasteiger partial charge is 0.286 e. The molecule has 144 valence electrons. The minimum atomic E-state index is -0.674. The van der Waals surface area contributed by atoms with E-state index in [0.717, 1.165) is 22.8 Å². The maximum atomic E-state index is 4.66. The Morgan fingerprint density at radius 1 is 0.483 bits per heavy atom. The molecule has 0 saturated heterocycles. The van der Waals surface area contributed by atoms with Gasteiger partial charge in [-0.1, -0.05) is 24.3 Å². The van der Waals surface area contributed by atoms with Crippen LogP contribution >= 0.6 is 0 Å². The van der Waals surface area contributed by atoms with Crippen molar-refractivity contribution in [2.45, 2.75) is 24.9 Å². The second kappa shape index (κ2) is 7.89. The first-order valence-corrected chi connectivity index (χ1v) is 9.58. The van der Waals surface area contributed by atoms with Gasteiger partial charge in [-0.2, -0.15) is 0 Å². The first-order valence-electron chi connectivity index (χ1n) is 9.58. The van der Waals surface area contributed by atoms with Gasteiger partial charge in [0, 0.05) is 24.8 Å². The fourth-order valence-electron chi connectivity index (χ4n) is 3.65. The normalized spacial score (nSPS) is 11.9. The van der Waals surface area contributed by atoms with Crippen LogP contribution in [0, 0.1) is 0 Å². The fraction of sp³-hybridized carbons (Fsp3) is 0.167. The standard InChI is InChI=1S/C24H23N5/c1-23(19-11-3-7-15-25-19,20-12-4-8-16-26-20)29-24(2,21-13-5-9-17-27-21)22-14-6-10-18-28-22/h3-18,29H,1-2H3. The Balaban J connectivity index is 1.91. The molecule has 0 radical (unpaired) electrons. The molecule has 0 unspecified atom stereocenters. The summed E-state index contributed by atoms with van der Waals surface area (Å²) in [6, 6.07) is 23.7. The number of rotatable bonds is 6. The molecule has 0 bridgehead atoms. The molecular formula is C24H23N5. The van der Waals surface area contributed by atoms with Gasteiger partial charge in [0.15, 0.2) is 0 Å². The lowest BCUT2D eigenvalue weighted by Crippen LogP contribution is -2.54. The van der Waals surface area contributed by atoms with Gasteiger partial charge in [0.05, 0.1) is 22.8 Å². The molecule has 0 fully saturated rings. The van der Waals surface area contributed by atoms with E-state index in [1.165, 1.54) is 0 Å². The number of nitrogens with one attached hydrogen (secondary N) is 1. The van der Waals surface area contributed by atoms with Gasteiger partial charge in [0.1, 0.15) is 11.1 Å². The highest BCUT2D eigenvalue weighted by atomic mass is 15.1. The van der Waals surface area contributed by atoms with Crippen LogP contribution in [0.15, 0.2) is 97.6 Å². The Labute approximate surface area is 170 Å². The van der Waals surface area contributed by atoms with Crippen LogP contribution in [-0.2, 0) is 11.1 Å². The summed E-state index contributed by atoms with van der Waals surface area (Å²) >= 11 is 0. The van der Waals surface area contributed by atoms with Gasteiger partial charge in [0.2, 0.25) is 0 Å². The van der Waals surface area contributed by atoms with Crippen molar-refractivity contribution in [3.63, 3.8) is 0 Å². The van der Waals surface area contributed by atoms with Crippen molar-refractivity contribution in [3.05, 3.63) is 120 Å². The van der Waals surface area contributed by atoms with Crippen molar-refractivity contribution < 1.29 is 0 Å². The second-order valence-electron chi connectivity index (χ2n) is 7.23. The Bertz CT molecular complexity index is 872. The van der Waals surface area contributed by atoms with Crippen LogP contribution in [0.3, 0.4) is 0 Å². The summed E-state index contributed by atoms with van der Waals surface area (Å²) < 4.78 is 0. The SMILES string of the molecule is CC(NC(C)(c1ccccn1)c1ccccn1)(c1ccccn1)c1ccccn1. The first kappa shape index (κ1) is 18.9. The van der Waals surface area contributed by atoms with E-state index in [0.29, 0.717) is 0 Å². The van der Waals surface area contributed by atoms with Gasteiger partial charge in [-0.25, -0.2) is 0 Å². The molecule has 0 aliphatic carbocycles. The van der Waals surface area contributed by atoms with Crippen LogP contribution < -0.4 is 5.32 Å². The Morgan fingerprint density at radius 2 is 0.759 bits per heavy atom. The Hall–Kier alpha value is -3.44. The smallest absolute Gasteiger partial charge is 0.102 e. The van der Waals surface area contributed by atoms with Crippen LogP contribution in [0.25, 0.3) is 0 Å². The third-order valence-corrected chi connectivity index (χ3v) is 5.21. The highest BCUT2D eigenvalue weighted by molar-refractivity contribution is 5.35. The minimum Gasteiger partial charge on any atom is -0.286 e. The molecule has 0 aliphatic rings. The quantitative estimate of drug-likeness (QED) is 0.545. The number of hydrogen-bond acceptors (Lipinski definition) is 5. The van der Waals surface area contributed by atoms with Gasteiger partial charge in [-0.05, 0) is 62.4 Å². The molecule has 29 heavy (non-hydrogen) atoms. The highest BCUT2D eigenvalue weighted by Gasteiger charge is 2.42. The summed E-state index contributed by atoms with van der Waals surface area (Å²) in [6.07, 6.45) is 7.21. The third-order valence-electron chi connectivity index (χ3n) is 5.21. The monoisotopic (exact) mass is 381 g/mol. The summed E-state index contributed by atoms with van der Waals surface area (Å²) in [6.45, 7) is 4.20. The average Bonchev–Trinajstić information content (AvgIpc) is 2.81. The maximum absolute atomic E-state index is 4.66. The molecule has 4 heterocycles. The molecule has 4 rings (SSSR count). The predicted octanol–water partition coefficient (Wildman–Crippen LogP) is 4.08. The predicted molar refractivity (Wildman–Crippen MR) is 113 cm³/mol. The fourth-order valence-corrected chi connectivity index (χ4v) is 3.65. The molecule has 0 atom stereocenters. The number of pyridine rings is 4. The first-order chi connectivity index (χ1) is 14.1. The molecule has 5 heteroatoms. The van der Waals surface area contributed by atoms with E-state index in [1.54, 1.807) is 24.8 Å². The van der Waals surface area contributed by atoms with Crippen molar-refractivity contribution in [2.75, 3.05) is 0 Å². The van der Waals surface area contributed by atoms with E-state index in [2.05, 4.69) is 39.1 Å². The topological polar surface area (TPSA) is 63.6 Å². The van der Waals surface area contributed by atoms with E-state index in [4.69, 9.17) is 0 Å². The summed E-state index contributed by atoms with van der Waals surface area (Å²) in [7, 11) is 0. The molecule has 0 aliphatic heterocycles. The van der Waals surface area contributed by atoms with Gasteiger partial charge in [0.25, 0.3) is 0 Å². The molecule has 4 aromatic rings. The van der Waals surface area contributed by atoms with E-state index in [1.807, 2.05) is 72.8 Å². The molecule has 5 nitrogen and oxygen atoms in total. The van der Waals surface area contributed by atoms with Gasteiger partial charge >= 0.3 is 0 Å². The number of nitrogens with zero attached hydrogens (tertiary/aromatic N) is 4. The lowest BCUT2D eigenvalue weighted by molar-refractivity contribution is 0.290. The summed E-state index contributed by atoms with van der Waals surface area (Å²) in [5.41, 5.74) is 2.14. The average molecular weight is 381 g/mol. The molecule has 0 aromatic carbocycles.